The highest BCUT2D eigenvalue weighted by molar-refractivity contribution is 5.90. The highest BCUT2D eigenvalue weighted by atomic mass is 16.6. The van der Waals surface area contributed by atoms with Gasteiger partial charge in [-0.3, -0.25) is 0 Å². The van der Waals surface area contributed by atoms with Crippen LogP contribution in [0.4, 0.5) is 0 Å². The summed E-state index contributed by atoms with van der Waals surface area (Å²) in [6.07, 6.45) is 4.76. The first-order valence-corrected chi connectivity index (χ1v) is 5.86. The number of ether oxygens (including phenoxy) is 1. The maximum atomic E-state index is 11.8. The molecule has 0 aliphatic heterocycles. The molecule has 0 heterocycles. The third-order valence-electron chi connectivity index (χ3n) is 2.06. The Labute approximate surface area is 107 Å². The molecule has 0 spiro atoms. The van der Waals surface area contributed by atoms with Crippen LogP contribution in [-0.2, 0) is 9.53 Å². The molecule has 0 unspecified atom stereocenters. The van der Waals surface area contributed by atoms with Crippen molar-refractivity contribution in [3.63, 3.8) is 0 Å². The zero-order valence-electron chi connectivity index (χ0n) is 11.0. The van der Waals surface area contributed by atoms with E-state index in [9.17, 15) is 9.59 Å². The highest BCUT2D eigenvalue weighted by Gasteiger charge is 2.17. The SMILES string of the molecule is CC(C)(C)OC(=O)c1cccc(C=CCC=O)c1. The highest BCUT2D eigenvalue weighted by Crippen LogP contribution is 2.14. The van der Waals surface area contributed by atoms with Crippen LogP contribution in [0.15, 0.2) is 30.3 Å². The van der Waals surface area contributed by atoms with E-state index in [-0.39, 0.29) is 5.97 Å². The molecule has 0 saturated carbocycles. The van der Waals surface area contributed by atoms with E-state index >= 15 is 0 Å². The molecule has 1 aromatic rings. The quantitative estimate of drug-likeness (QED) is 0.605. The molecule has 0 bridgehead atoms. The van der Waals surface area contributed by atoms with Crippen LogP contribution in [0.2, 0.25) is 0 Å². The molecular formula is C15H18O3. The van der Waals surface area contributed by atoms with Crippen molar-refractivity contribution in [1.82, 2.24) is 0 Å². The number of hydrogen-bond donors (Lipinski definition) is 0. The minimum atomic E-state index is -0.500. The van der Waals surface area contributed by atoms with Crippen LogP contribution < -0.4 is 0 Å². The largest absolute Gasteiger partial charge is 0.456 e. The molecule has 0 amide bonds. The standard InChI is InChI=1S/C15H18O3/c1-15(2,3)18-14(17)13-9-6-8-12(11-13)7-4-5-10-16/h4,6-11H,5H2,1-3H3. The van der Waals surface area contributed by atoms with Gasteiger partial charge in [-0.1, -0.05) is 24.3 Å². The Bertz CT molecular complexity index is 453. The van der Waals surface area contributed by atoms with Gasteiger partial charge in [0, 0.05) is 6.42 Å². The molecule has 18 heavy (non-hydrogen) atoms. The van der Waals surface area contributed by atoms with Gasteiger partial charge in [-0.15, -0.1) is 0 Å². The Kier molecular flexibility index (Phi) is 4.84. The predicted octanol–water partition coefficient (Wildman–Crippen LogP) is 3.24. The van der Waals surface area contributed by atoms with Crippen LogP contribution in [0, 0.1) is 0 Å². The summed E-state index contributed by atoms with van der Waals surface area (Å²) < 4.78 is 5.29. The molecule has 1 rings (SSSR count). The normalized spacial score (nSPS) is 11.5. The van der Waals surface area contributed by atoms with E-state index < -0.39 is 5.60 Å². The second kappa shape index (κ2) is 6.15. The molecule has 0 saturated heterocycles. The summed E-state index contributed by atoms with van der Waals surface area (Å²) in [7, 11) is 0. The third kappa shape index (κ3) is 4.95. The van der Waals surface area contributed by atoms with Crippen LogP contribution >= 0.6 is 0 Å². The van der Waals surface area contributed by atoms with Gasteiger partial charge in [-0.2, -0.15) is 0 Å². The lowest BCUT2D eigenvalue weighted by molar-refractivity contribution is -0.107. The van der Waals surface area contributed by atoms with Gasteiger partial charge in [0.25, 0.3) is 0 Å². The molecule has 0 aliphatic carbocycles. The van der Waals surface area contributed by atoms with Crippen LogP contribution in [0.25, 0.3) is 6.08 Å². The molecule has 96 valence electrons. The Morgan fingerprint density at radius 3 is 2.67 bits per heavy atom. The molecule has 0 radical (unpaired) electrons. The molecule has 0 N–H and O–H groups in total. The van der Waals surface area contributed by atoms with E-state index in [1.807, 2.05) is 32.9 Å². The maximum absolute atomic E-state index is 11.8. The van der Waals surface area contributed by atoms with E-state index in [2.05, 4.69) is 0 Å². The fourth-order valence-electron chi connectivity index (χ4n) is 1.37. The number of carbonyl (C=O) groups is 2. The van der Waals surface area contributed by atoms with Crippen LogP contribution in [-0.4, -0.2) is 17.9 Å². The Morgan fingerprint density at radius 1 is 1.33 bits per heavy atom. The average Bonchev–Trinajstić information content (AvgIpc) is 2.27. The summed E-state index contributed by atoms with van der Waals surface area (Å²) in [6.45, 7) is 5.50. The number of allylic oxidation sites excluding steroid dienone is 1. The van der Waals surface area contributed by atoms with E-state index in [0.717, 1.165) is 11.8 Å². The number of hydrogen-bond acceptors (Lipinski definition) is 3. The number of aldehydes is 1. The first kappa shape index (κ1) is 14.2. The van der Waals surface area contributed by atoms with Gasteiger partial charge < -0.3 is 9.53 Å². The second-order valence-corrected chi connectivity index (χ2v) is 4.93. The zero-order valence-corrected chi connectivity index (χ0v) is 11.0. The minimum absolute atomic E-state index is 0.340. The molecule has 3 nitrogen and oxygen atoms in total. The maximum Gasteiger partial charge on any atom is 0.338 e. The molecule has 1 aromatic carbocycles. The van der Waals surface area contributed by atoms with Gasteiger partial charge in [0.15, 0.2) is 0 Å². The summed E-state index contributed by atoms with van der Waals surface area (Å²) in [4.78, 5) is 22.0. The number of esters is 1. The van der Waals surface area contributed by atoms with Crippen LogP contribution in [0.1, 0.15) is 43.1 Å². The zero-order chi connectivity index (χ0) is 13.6. The lowest BCUT2D eigenvalue weighted by atomic mass is 10.1. The molecule has 0 aliphatic rings. The Hall–Kier alpha value is -1.90. The summed E-state index contributed by atoms with van der Waals surface area (Å²) in [6, 6.07) is 7.12. The van der Waals surface area contributed by atoms with Crippen molar-refractivity contribution in [1.29, 1.82) is 0 Å². The monoisotopic (exact) mass is 246 g/mol. The van der Waals surface area contributed by atoms with Gasteiger partial charge >= 0.3 is 5.97 Å². The summed E-state index contributed by atoms with van der Waals surface area (Å²) >= 11 is 0. The second-order valence-electron chi connectivity index (χ2n) is 4.93. The third-order valence-corrected chi connectivity index (χ3v) is 2.06. The summed E-state index contributed by atoms with van der Waals surface area (Å²) in [5.74, 6) is -0.340. The van der Waals surface area contributed by atoms with E-state index in [1.54, 1.807) is 24.3 Å². The van der Waals surface area contributed by atoms with Crippen molar-refractivity contribution in [2.24, 2.45) is 0 Å². The van der Waals surface area contributed by atoms with Crippen molar-refractivity contribution >= 4 is 18.3 Å². The minimum Gasteiger partial charge on any atom is -0.456 e. The van der Waals surface area contributed by atoms with Crippen molar-refractivity contribution in [3.05, 3.63) is 41.5 Å². The van der Waals surface area contributed by atoms with Crippen molar-refractivity contribution in [2.75, 3.05) is 0 Å². The van der Waals surface area contributed by atoms with Gasteiger partial charge in [0.2, 0.25) is 0 Å². The van der Waals surface area contributed by atoms with Crippen molar-refractivity contribution in [3.8, 4) is 0 Å². The van der Waals surface area contributed by atoms with Gasteiger partial charge in [-0.05, 0) is 38.5 Å². The van der Waals surface area contributed by atoms with Crippen molar-refractivity contribution in [2.45, 2.75) is 32.8 Å². The fraction of sp³-hybridized carbons (Fsp3) is 0.333. The fourth-order valence-corrected chi connectivity index (χ4v) is 1.37. The summed E-state index contributed by atoms with van der Waals surface area (Å²) in [5, 5.41) is 0. The number of benzene rings is 1. The van der Waals surface area contributed by atoms with E-state index in [0.29, 0.717) is 12.0 Å². The van der Waals surface area contributed by atoms with Gasteiger partial charge in [0.05, 0.1) is 5.56 Å². The van der Waals surface area contributed by atoms with Crippen molar-refractivity contribution < 1.29 is 14.3 Å². The van der Waals surface area contributed by atoms with Gasteiger partial charge in [0.1, 0.15) is 11.9 Å². The predicted molar refractivity (Wildman–Crippen MR) is 71.3 cm³/mol. The molecule has 3 heteroatoms. The lowest BCUT2D eigenvalue weighted by Crippen LogP contribution is -2.23. The van der Waals surface area contributed by atoms with Crippen LogP contribution in [0.5, 0.6) is 0 Å². The summed E-state index contributed by atoms with van der Waals surface area (Å²) in [5.41, 5.74) is 0.888. The molecule has 0 atom stereocenters. The Morgan fingerprint density at radius 2 is 2.06 bits per heavy atom. The molecule has 0 fully saturated rings. The van der Waals surface area contributed by atoms with E-state index in [1.165, 1.54) is 0 Å². The molecule has 0 aromatic heterocycles. The average molecular weight is 246 g/mol. The van der Waals surface area contributed by atoms with Crippen LogP contribution in [0.3, 0.4) is 0 Å². The number of carbonyl (C=O) groups excluding carboxylic acids is 2. The van der Waals surface area contributed by atoms with Gasteiger partial charge in [-0.25, -0.2) is 4.79 Å². The number of rotatable bonds is 4. The van der Waals surface area contributed by atoms with E-state index in [4.69, 9.17) is 4.74 Å². The smallest absolute Gasteiger partial charge is 0.338 e. The molecular weight excluding hydrogens is 228 g/mol. The first-order valence-electron chi connectivity index (χ1n) is 5.86. The Balaban J connectivity index is 2.81. The lowest BCUT2D eigenvalue weighted by Gasteiger charge is -2.19. The first-order chi connectivity index (χ1) is 8.42. The topological polar surface area (TPSA) is 43.4 Å².